The van der Waals surface area contributed by atoms with Crippen LogP contribution in [0.5, 0.6) is 0 Å². The number of nitrogens with one attached hydrogen (secondary N) is 1. The molecule has 234 valence electrons. The first-order chi connectivity index (χ1) is 21.3. The highest BCUT2D eigenvalue weighted by molar-refractivity contribution is 7.20. The fourth-order valence-electron chi connectivity index (χ4n) is 5.23. The van der Waals surface area contributed by atoms with Gasteiger partial charge < -0.3 is 26.6 Å². The first kappa shape index (κ1) is 33.0. The third-order valence-electron chi connectivity index (χ3n) is 7.51. The molecule has 0 aliphatic carbocycles. The molecule has 6 rings (SSSR count). The van der Waals surface area contributed by atoms with Gasteiger partial charge in [0.15, 0.2) is 5.76 Å². The van der Waals surface area contributed by atoms with Gasteiger partial charge in [0, 0.05) is 21.0 Å². The van der Waals surface area contributed by atoms with Crippen molar-refractivity contribution in [2.75, 3.05) is 0 Å². The number of amides is 3. The lowest BCUT2D eigenvalue weighted by Crippen LogP contribution is -2.10. The van der Waals surface area contributed by atoms with Crippen LogP contribution in [0.2, 0.25) is 0 Å². The highest BCUT2D eigenvalue weighted by Crippen LogP contribution is 2.32. The minimum atomic E-state index is -0.527. The van der Waals surface area contributed by atoms with Crippen LogP contribution in [0.4, 0.5) is 0 Å². The second-order valence-electron chi connectivity index (χ2n) is 11.8. The van der Waals surface area contributed by atoms with Crippen LogP contribution in [0.15, 0.2) is 77.2 Å². The number of carbonyl (C=O) groups is 3. The molecule has 0 bridgehead atoms. The van der Waals surface area contributed by atoms with Crippen LogP contribution in [0.1, 0.15) is 107 Å². The quantitative estimate of drug-likeness (QED) is 0.147. The van der Waals surface area contributed by atoms with Crippen LogP contribution in [0.25, 0.3) is 32.0 Å². The number of benzene rings is 3. The van der Waals surface area contributed by atoms with Crippen molar-refractivity contribution in [3.8, 4) is 0 Å². The summed E-state index contributed by atoms with van der Waals surface area (Å²) < 4.78 is 6.48. The van der Waals surface area contributed by atoms with E-state index in [1.807, 2.05) is 54.6 Å². The van der Waals surface area contributed by atoms with E-state index in [1.165, 1.54) is 28.0 Å². The molecule has 0 saturated heterocycles. The van der Waals surface area contributed by atoms with Gasteiger partial charge in [-0.05, 0) is 76.2 Å². The summed E-state index contributed by atoms with van der Waals surface area (Å²) in [6, 6.07) is 23.4. The van der Waals surface area contributed by atoms with Crippen LogP contribution in [0.3, 0.4) is 0 Å². The maximum absolute atomic E-state index is 11.1. The second kappa shape index (κ2) is 13.8. The molecule has 0 saturated carbocycles. The highest BCUT2D eigenvalue weighted by Gasteiger charge is 2.14. The Bertz CT molecular complexity index is 1770. The van der Waals surface area contributed by atoms with Crippen molar-refractivity contribution >= 4 is 61.0 Å². The number of H-pyrrole nitrogens is 1. The zero-order valence-corrected chi connectivity index (χ0v) is 27.3. The lowest BCUT2D eigenvalue weighted by molar-refractivity contribution is 0.0972. The third kappa shape index (κ3) is 7.44. The van der Waals surface area contributed by atoms with E-state index < -0.39 is 11.8 Å². The molecule has 0 atom stereocenters. The van der Waals surface area contributed by atoms with Crippen molar-refractivity contribution in [1.29, 1.82) is 0 Å². The molecule has 7 N–H and O–H groups in total. The van der Waals surface area contributed by atoms with Gasteiger partial charge in [0.2, 0.25) is 0 Å². The number of carbonyl (C=O) groups excluding carboxylic acids is 3. The van der Waals surface area contributed by atoms with Crippen molar-refractivity contribution in [3.63, 3.8) is 0 Å². The molecule has 3 amide bonds. The number of hydrogen-bond acceptors (Lipinski definition) is 5. The number of aromatic amines is 1. The predicted octanol–water partition coefficient (Wildman–Crippen LogP) is 8.17. The van der Waals surface area contributed by atoms with Gasteiger partial charge in [-0.3, -0.25) is 14.4 Å². The zero-order valence-electron chi connectivity index (χ0n) is 26.4. The number of aromatic nitrogens is 1. The average molecular weight is 625 g/mol. The Morgan fingerprint density at radius 2 is 1.20 bits per heavy atom. The third-order valence-corrected chi connectivity index (χ3v) is 8.62. The number of furan rings is 1. The van der Waals surface area contributed by atoms with E-state index in [2.05, 4.69) is 58.7 Å². The van der Waals surface area contributed by atoms with E-state index in [9.17, 15) is 14.4 Å². The summed E-state index contributed by atoms with van der Waals surface area (Å²) in [5, 5.41) is 3.22. The van der Waals surface area contributed by atoms with Crippen LogP contribution in [0, 0.1) is 0 Å². The minimum Gasteiger partial charge on any atom is -0.451 e. The van der Waals surface area contributed by atoms with Gasteiger partial charge in [0.05, 0.1) is 4.88 Å². The van der Waals surface area contributed by atoms with E-state index >= 15 is 0 Å². The Morgan fingerprint density at radius 1 is 0.644 bits per heavy atom. The van der Waals surface area contributed by atoms with E-state index in [0.29, 0.717) is 28.3 Å². The number of nitrogens with two attached hydrogens (primary N) is 3. The Kier molecular flexibility index (Phi) is 10.1. The van der Waals surface area contributed by atoms with E-state index in [1.54, 1.807) is 6.07 Å². The molecule has 0 radical (unpaired) electrons. The Balaban J connectivity index is 0.000000154. The molecular weight excluding hydrogens is 584 g/mol. The topological polar surface area (TPSA) is 158 Å². The summed E-state index contributed by atoms with van der Waals surface area (Å²) in [5.74, 6) is 0.229. The Hall–Kier alpha value is -4.89. The molecule has 3 aromatic heterocycles. The molecule has 45 heavy (non-hydrogen) atoms. The number of primary amides is 3. The van der Waals surface area contributed by atoms with Gasteiger partial charge in [0.1, 0.15) is 11.3 Å². The number of hydrogen-bond donors (Lipinski definition) is 4. The van der Waals surface area contributed by atoms with Gasteiger partial charge in [-0.1, -0.05) is 77.9 Å². The molecular formula is C36H40N4O4S. The van der Waals surface area contributed by atoms with Crippen molar-refractivity contribution in [2.45, 2.75) is 59.3 Å². The molecule has 0 aliphatic heterocycles. The second-order valence-corrected chi connectivity index (χ2v) is 12.9. The highest BCUT2D eigenvalue weighted by atomic mass is 32.1. The summed E-state index contributed by atoms with van der Waals surface area (Å²) in [4.78, 5) is 36.8. The van der Waals surface area contributed by atoms with Gasteiger partial charge in [-0.25, -0.2) is 0 Å². The van der Waals surface area contributed by atoms with Crippen molar-refractivity contribution in [1.82, 2.24) is 4.98 Å². The number of thiophene rings is 1. The van der Waals surface area contributed by atoms with E-state index in [4.69, 9.17) is 21.6 Å². The molecule has 3 aromatic carbocycles. The predicted molar refractivity (Wildman–Crippen MR) is 184 cm³/mol. The first-order valence-electron chi connectivity index (χ1n) is 14.8. The zero-order chi connectivity index (χ0) is 33.0. The summed E-state index contributed by atoms with van der Waals surface area (Å²) in [5.41, 5.74) is 21.5. The summed E-state index contributed by atoms with van der Waals surface area (Å²) in [6.07, 6.45) is 0. The number of rotatable bonds is 6. The maximum atomic E-state index is 11.1. The molecule has 0 spiro atoms. The monoisotopic (exact) mass is 624 g/mol. The van der Waals surface area contributed by atoms with Crippen LogP contribution in [-0.2, 0) is 0 Å². The lowest BCUT2D eigenvalue weighted by atomic mass is 9.99. The fraction of sp³-hybridized carbons (Fsp3) is 0.250. The first-order valence-corrected chi connectivity index (χ1v) is 15.7. The van der Waals surface area contributed by atoms with E-state index in [-0.39, 0.29) is 11.7 Å². The molecule has 6 aromatic rings. The van der Waals surface area contributed by atoms with Crippen molar-refractivity contribution in [3.05, 3.63) is 106 Å². The van der Waals surface area contributed by atoms with E-state index in [0.717, 1.165) is 32.0 Å². The SMILES string of the molecule is CC(C)c1cccc2[nH]c(C(N)=O)cc12.CC(C)c1cccc2oc(C(N)=O)cc12.CC(C)c1cccc2sc(C(N)=O)cc12. The Labute approximate surface area is 266 Å². The largest absolute Gasteiger partial charge is 0.451 e. The molecule has 9 heteroatoms. The normalized spacial score (nSPS) is 11.1. The Morgan fingerprint density at radius 3 is 1.76 bits per heavy atom. The van der Waals surface area contributed by atoms with Crippen molar-refractivity contribution in [2.24, 2.45) is 17.2 Å². The molecule has 0 unspecified atom stereocenters. The minimum absolute atomic E-state index is 0.220. The number of fused-ring (bicyclic) bond motifs is 3. The fourth-order valence-corrected chi connectivity index (χ4v) is 6.18. The summed E-state index contributed by atoms with van der Waals surface area (Å²) >= 11 is 1.46. The lowest BCUT2D eigenvalue weighted by Gasteiger charge is -2.05. The average Bonchev–Trinajstić information content (AvgIpc) is 3.73. The molecule has 8 nitrogen and oxygen atoms in total. The van der Waals surface area contributed by atoms with Gasteiger partial charge in [-0.15, -0.1) is 11.3 Å². The van der Waals surface area contributed by atoms with Gasteiger partial charge in [-0.2, -0.15) is 0 Å². The smallest absolute Gasteiger partial charge is 0.284 e. The summed E-state index contributed by atoms with van der Waals surface area (Å²) in [6.45, 7) is 12.8. The van der Waals surface area contributed by atoms with Gasteiger partial charge >= 0.3 is 0 Å². The van der Waals surface area contributed by atoms with Crippen LogP contribution in [-0.4, -0.2) is 22.7 Å². The van der Waals surface area contributed by atoms with Gasteiger partial charge in [0.25, 0.3) is 17.7 Å². The summed E-state index contributed by atoms with van der Waals surface area (Å²) in [7, 11) is 0. The molecule has 0 aliphatic rings. The van der Waals surface area contributed by atoms with Crippen molar-refractivity contribution < 1.29 is 18.8 Å². The van der Waals surface area contributed by atoms with Crippen LogP contribution < -0.4 is 17.2 Å². The molecule has 0 fully saturated rings. The molecule has 3 heterocycles. The van der Waals surface area contributed by atoms with Crippen LogP contribution >= 0.6 is 11.3 Å². The standard InChI is InChI=1S/C12H14N2O.C12H13NO2.C12H13NOS/c1-7(2)8-4-3-5-10-9(8)6-11(14-10)12(13)15;2*1-7(2)8-4-3-5-10-9(8)6-11(15-10)12(13)14/h3-7,14H,1-2H3,(H2,13,15);2*3-7H,1-2H3,(H2,13,14). The maximum Gasteiger partial charge on any atom is 0.284 e.